The van der Waals surface area contributed by atoms with Crippen molar-refractivity contribution in [2.24, 2.45) is 22.2 Å². The Balaban J connectivity index is 1.57. The number of nitrogens with one attached hydrogen (secondary N) is 2. The Morgan fingerprint density at radius 3 is 2.29 bits per heavy atom. The van der Waals surface area contributed by atoms with Crippen molar-refractivity contribution in [1.29, 1.82) is 0 Å². The Labute approximate surface area is 245 Å². The molecular weight excluding hydrogens is 544 g/mol. The number of likely N-dealkylation sites (tertiary alicyclic amines) is 2. The Kier molecular flexibility index (Phi) is 11.7. The fraction of sp³-hybridized carbons (Fsp3) is 0.571. The minimum atomic E-state index is -1.19. The van der Waals surface area contributed by atoms with E-state index in [1.54, 1.807) is 24.3 Å². The van der Waals surface area contributed by atoms with Crippen LogP contribution in [0.25, 0.3) is 0 Å². The van der Waals surface area contributed by atoms with E-state index < -0.39 is 48.0 Å². The van der Waals surface area contributed by atoms with E-state index in [0.717, 1.165) is 5.56 Å². The third-order valence-electron chi connectivity index (χ3n) is 7.59. The molecule has 9 N–H and O–H groups in total. The van der Waals surface area contributed by atoms with Crippen LogP contribution in [0.15, 0.2) is 35.3 Å². The number of guanidine groups is 1. The van der Waals surface area contributed by atoms with E-state index in [4.69, 9.17) is 17.2 Å². The van der Waals surface area contributed by atoms with Crippen molar-refractivity contribution >= 4 is 35.6 Å². The fourth-order valence-corrected chi connectivity index (χ4v) is 5.36. The molecule has 4 amide bonds. The Hall–Kier alpha value is -4.20. The number of nitrogens with two attached hydrogens (primary N) is 3. The maximum atomic E-state index is 13.6. The minimum Gasteiger partial charge on any atom is -0.480 e. The Morgan fingerprint density at radius 2 is 1.64 bits per heavy atom. The average Bonchev–Trinajstić information content (AvgIpc) is 3.65. The molecule has 5 unspecified atom stereocenters. The van der Waals surface area contributed by atoms with Crippen LogP contribution in [0.2, 0.25) is 0 Å². The summed E-state index contributed by atoms with van der Waals surface area (Å²) in [6, 6.07) is 4.36. The molecule has 0 aliphatic carbocycles. The van der Waals surface area contributed by atoms with Crippen LogP contribution in [-0.2, 0) is 30.4 Å². The summed E-state index contributed by atoms with van der Waals surface area (Å²) < 4.78 is 0. The minimum absolute atomic E-state index is 0.0353. The summed E-state index contributed by atoms with van der Waals surface area (Å²) >= 11 is 0. The standard InChI is InChI=1S/C28H42N8O6/c1-17(23(37)34-20(27(41)42)16-18-8-3-2-4-9-18)33-24(38)21-11-6-14-35(21)26(40)22-12-7-15-36(22)25(39)19(29)10-5-13-32-28(30)31/h2-4,8-9,17,19-22H,5-7,10-16,29H2,1H3,(H,33,38)(H,34,37)(H,41,42)(H4,30,31,32). The quantitative estimate of drug-likeness (QED) is 0.0912. The van der Waals surface area contributed by atoms with Gasteiger partial charge in [-0.3, -0.25) is 24.2 Å². The number of hydrogen-bond acceptors (Lipinski definition) is 7. The second-order valence-electron chi connectivity index (χ2n) is 10.8. The summed E-state index contributed by atoms with van der Waals surface area (Å²) in [4.78, 5) is 71.2. The van der Waals surface area contributed by atoms with Crippen LogP contribution in [0.4, 0.5) is 0 Å². The molecule has 1 aromatic carbocycles. The molecule has 2 aliphatic rings. The van der Waals surface area contributed by atoms with Gasteiger partial charge in [0, 0.05) is 26.1 Å². The molecular formula is C28H42N8O6. The van der Waals surface area contributed by atoms with E-state index >= 15 is 0 Å². The van der Waals surface area contributed by atoms with Crippen molar-refractivity contribution in [3.63, 3.8) is 0 Å². The smallest absolute Gasteiger partial charge is 0.326 e. The summed E-state index contributed by atoms with van der Waals surface area (Å²) in [6.07, 6.45) is 3.05. The first-order chi connectivity index (χ1) is 20.0. The van der Waals surface area contributed by atoms with Crippen molar-refractivity contribution in [2.45, 2.75) is 82.1 Å². The van der Waals surface area contributed by atoms with Gasteiger partial charge < -0.3 is 42.7 Å². The first-order valence-electron chi connectivity index (χ1n) is 14.3. The lowest BCUT2D eigenvalue weighted by atomic mass is 10.1. The van der Waals surface area contributed by atoms with Gasteiger partial charge in [-0.2, -0.15) is 0 Å². The Morgan fingerprint density at radius 1 is 1.00 bits per heavy atom. The van der Waals surface area contributed by atoms with E-state index in [0.29, 0.717) is 58.2 Å². The topological polar surface area (TPSA) is 227 Å². The van der Waals surface area contributed by atoms with Crippen LogP contribution in [0.5, 0.6) is 0 Å². The van der Waals surface area contributed by atoms with Gasteiger partial charge in [-0.05, 0) is 51.0 Å². The number of amides is 4. The molecule has 2 fully saturated rings. The molecule has 1 aromatic rings. The molecule has 230 valence electrons. The zero-order valence-corrected chi connectivity index (χ0v) is 23.9. The molecule has 3 rings (SSSR count). The highest BCUT2D eigenvalue weighted by molar-refractivity contribution is 5.96. The second-order valence-corrected chi connectivity index (χ2v) is 10.8. The molecule has 0 radical (unpaired) electrons. The number of carboxylic acid groups (broad SMARTS) is 1. The fourth-order valence-electron chi connectivity index (χ4n) is 5.36. The van der Waals surface area contributed by atoms with Crippen molar-refractivity contribution in [3.8, 4) is 0 Å². The Bertz CT molecular complexity index is 1160. The monoisotopic (exact) mass is 586 g/mol. The van der Waals surface area contributed by atoms with Gasteiger partial charge in [0.15, 0.2) is 5.96 Å². The van der Waals surface area contributed by atoms with E-state index in [1.807, 2.05) is 6.07 Å². The zero-order valence-electron chi connectivity index (χ0n) is 23.9. The van der Waals surface area contributed by atoms with Crippen LogP contribution in [0.1, 0.15) is 51.0 Å². The lowest BCUT2D eigenvalue weighted by Crippen LogP contribution is -2.57. The number of carbonyl (C=O) groups excluding carboxylic acids is 4. The van der Waals surface area contributed by atoms with Crippen LogP contribution >= 0.6 is 0 Å². The van der Waals surface area contributed by atoms with Crippen molar-refractivity contribution in [1.82, 2.24) is 20.4 Å². The number of aliphatic carboxylic acids is 1. The average molecular weight is 587 g/mol. The number of carbonyl (C=O) groups is 5. The van der Waals surface area contributed by atoms with Gasteiger partial charge >= 0.3 is 5.97 Å². The molecule has 2 heterocycles. The molecule has 14 nitrogen and oxygen atoms in total. The third kappa shape index (κ3) is 8.65. The van der Waals surface area contributed by atoms with E-state index in [-0.39, 0.29) is 24.2 Å². The molecule has 0 bridgehead atoms. The first kappa shape index (κ1) is 32.3. The highest BCUT2D eigenvalue weighted by Crippen LogP contribution is 2.26. The number of rotatable bonds is 13. The third-order valence-corrected chi connectivity index (χ3v) is 7.59. The first-order valence-corrected chi connectivity index (χ1v) is 14.3. The maximum Gasteiger partial charge on any atom is 0.326 e. The number of nitrogens with zero attached hydrogens (tertiary/aromatic N) is 3. The summed E-state index contributed by atoms with van der Waals surface area (Å²) in [5.41, 5.74) is 17.5. The van der Waals surface area contributed by atoms with Crippen LogP contribution in [0.3, 0.4) is 0 Å². The van der Waals surface area contributed by atoms with Crippen LogP contribution < -0.4 is 27.8 Å². The molecule has 14 heteroatoms. The van der Waals surface area contributed by atoms with Crippen molar-refractivity contribution in [3.05, 3.63) is 35.9 Å². The molecule has 0 spiro atoms. The van der Waals surface area contributed by atoms with Crippen LogP contribution in [-0.4, -0.2) is 100 Å². The zero-order chi connectivity index (χ0) is 30.8. The largest absolute Gasteiger partial charge is 0.480 e. The number of hydrogen-bond donors (Lipinski definition) is 6. The van der Waals surface area contributed by atoms with Gasteiger partial charge in [0.05, 0.1) is 6.04 Å². The summed E-state index contributed by atoms with van der Waals surface area (Å²) in [7, 11) is 0. The lowest BCUT2D eigenvalue weighted by molar-refractivity contribution is -0.147. The van der Waals surface area contributed by atoms with Gasteiger partial charge in [0.25, 0.3) is 0 Å². The van der Waals surface area contributed by atoms with E-state index in [1.165, 1.54) is 16.7 Å². The van der Waals surface area contributed by atoms with Gasteiger partial charge in [-0.15, -0.1) is 0 Å². The highest BCUT2D eigenvalue weighted by atomic mass is 16.4. The van der Waals surface area contributed by atoms with Crippen LogP contribution in [0, 0.1) is 0 Å². The highest BCUT2D eigenvalue weighted by Gasteiger charge is 2.43. The van der Waals surface area contributed by atoms with Gasteiger partial charge in [-0.25, -0.2) is 4.79 Å². The SMILES string of the molecule is CC(NC(=O)C1CCCN1C(=O)C1CCCN1C(=O)C(N)CCCN=C(N)N)C(=O)NC(Cc1ccccc1)C(=O)O. The number of benzene rings is 1. The van der Waals surface area contributed by atoms with E-state index in [2.05, 4.69) is 15.6 Å². The predicted molar refractivity (Wildman–Crippen MR) is 155 cm³/mol. The van der Waals surface area contributed by atoms with Crippen molar-refractivity contribution in [2.75, 3.05) is 19.6 Å². The molecule has 0 aromatic heterocycles. The summed E-state index contributed by atoms with van der Waals surface area (Å²) in [5.74, 6) is -3.04. The van der Waals surface area contributed by atoms with Gasteiger partial charge in [-0.1, -0.05) is 30.3 Å². The van der Waals surface area contributed by atoms with Gasteiger partial charge in [0.2, 0.25) is 23.6 Å². The van der Waals surface area contributed by atoms with Crippen molar-refractivity contribution < 1.29 is 29.1 Å². The second kappa shape index (κ2) is 15.1. The maximum absolute atomic E-state index is 13.6. The number of aliphatic imine (C=N–C) groups is 1. The summed E-state index contributed by atoms with van der Waals surface area (Å²) in [5, 5.41) is 14.7. The number of carboxylic acids is 1. The van der Waals surface area contributed by atoms with E-state index in [9.17, 15) is 29.1 Å². The molecule has 2 aliphatic heterocycles. The molecule has 5 atom stereocenters. The lowest BCUT2D eigenvalue weighted by Gasteiger charge is -2.32. The molecule has 42 heavy (non-hydrogen) atoms. The van der Waals surface area contributed by atoms with Gasteiger partial charge in [0.1, 0.15) is 24.2 Å². The summed E-state index contributed by atoms with van der Waals surface area (Å²) in [6.45, 7) is 2.55. The molecule has 2 saturated heterocycles. The predicted octanol–water partition coefficient (Wildman–Crippen LogP) is -1.33. The normalized spacial score (nSPS) is 20.3. The molecule has 0 saturated carbocycles.